The quantitative estimate of drug-likeness (QED) is 0.305. The van der Waals surface area contributed by atoms with Crippen LogP contribution in [0.5, 0.6) is 0 Å². The van der Waals surface area contributed by atoms with E-state index in [-0.39, 0.29) is 24.8 Å². The van der Waals surface area contributed by atoms with Crippen LogP contribution in [0.15, 0.2) is 54.6 Å². The maximum atomic E-state index is 2.20. The van der Waals surface area contributed by atoms with E-state index in [4.69, 9.17) is 0 Å². The molecule has 3 aromatic carbocycles. The summed E-state index contributed by atoms with van der Waals surface area (Å²) in [5.74, 6) is 0. The number of aryl methyl sites for hydroxylation is 6. The van der Waals surface area contributed by atoms with Crippen LogP contribution in [0.3, 0.4) is 0 Å². The van der Waals surface area contributed by atoms with E-state index in [1.165, 1.54) is 38.6 Å². The third-order valence-corrected chi connectivity index (χ3v) is 7.16. The average molecular weight is 483 g/mol. The molecule has 0 aliphatic rings. The van der Waals surface area contributed by atoms with E-state index >= 15 is 0 Å². The summed E-state index contributed by atoms with van der Waals surface area (Å²) in [4.78, 5) is 0. The summed E-state index contributed by atoms with van der Waals surface area (Å²) >= 11 is 1.67. The summed E-state index contributed by atoms with van der Waals surface area (Å²) in [6.07, 6.45) is 0.601. The second kappa shape index (κ2) is 14.6. The number of hydrogen-bond donors (Lipinski definition) is 0. The first-order valence-electron chi connectivity index (χ1n) is 8.30. The van der Waals surface area contributed by atoms with E-state index in [1.807, 2.05) is 0 Å². The van der Waals surface area contributed by atoms with Crippen LogP contribution in [-0.2, 0) is 23.3 Å². The van der Waals surface area contributed by atoms with Crippen LogP contribution in [0, 0.1) is 41.5 Å². The van der Waals surface area contributed by atoms with Gasteiger partial charge in [0, 0.05) is 0 Å². The Balaban J connectivity index is 0. The van der Waals surface area contributed by atoms with E-state index in [2.05, 4.69) is 96.1 Å². The van der Waals surface area contributed by atoms with Gasteiger partial charge in [-0.25, -0.2) is 12.1 Å². The molecular formula is C22H28Cl2SiZr-2. The van der Waals surface area contributed by atoms with Crippen molar-refractivity contribution in [2.45, 2.75) is 41.5 Å². The Hall–Kier alpha value is -0.400. The van der Waals surface area contributed by atoms with Crippen LogP contribution < -0.4 is 30.0 Å². The van der Waals surface area contributed by atoms with E-state index in [1.54, 1.807) is 23.3 Å². The third-order valence-electron chi connectivity index (χ3n) is 3.99. The second-order valence-electron chi connectivity index (χ2n) is 6.35. The summed E-state index contributed by atoms with van der Waals surface area (Å²) in [5, 5.41) is 1.53. The summed E-state index contributed by atoms with van der Waals surface area (Å²) in [7, 11) is 0. The van der Waals surface area contributed by atoms with Crippen LogP contribution in [0.4, 0.5) is 0 Å². The van der Waals surface area contributed by atoms with Crippen molar-refractivity contribution in [3.05, 3.63) is 88.0 Å². The summed E-state index contributed by atoms with van der Waals surface area (Å²) in [6.45, 7) is 12.8. The molecule has 0 radical (unpaired) electrons. The molecule has 0 fully saturated rings. The Kier molecular flexibility index (Phi) is 15.7. The first-order valence-corrected chi connectivity index (χ1v) is 13.7. The Labute approximate surface area is 187 Å². The third kappa shape index (κ3) is 10.7. The molecule has 0 N–H and O–H groups in total. The average Bonchev–Trinajstić information content (AvgIpc) is 3.00. The van der Waals surface area contributed by atoms with E-state index in [0.29, 0.717) is 6.16 Å². The monoisotopic (exact) mass is 480 g/mol. The SMILES string of the molecule is Cc1cc(C)c(C)[cH-]1.Cc1cc(C)c(C)[cH-]1.[Cl-].[Cl-].[Zr+2]=[SiH]c1ccccc1. The number of rotatable bonds is 1. The molecule has 0 saturated carbocycles. The molecule has 4 heteroatoms. The van der Waals surface area contributed by atoms with Crippen molar-refractivity contribution in [3.63, 3.8) is 0 Å². The first kappa shape index (κ1) is 27.8. The van der Waals surface area contributed by atoms with E-state index < -0.39 is 0 Å². The molecule has 0 spiro atoms. The van der Waals surface area contributed by atoms with E-state index in [9.17, 15) is 0 Å². The molecule has 0 atom stereocenters. The van der Waals surface area contributed by atoms with Gasteiger partial charge in [0.05, 0.1) is 0 Å². The molecule has 0 aromatic heterocycles. The predicted octanol–water partition coefficient (Wildman–Crippen LogP) is -1.12. The Morgan fingerprint density at radius 2 is 1.08 bits per heavy atom. The summed E-state index contributed by atoms with van der Waals surface area (Å²) in [6, 6.07) is 19.5. The van der Waals surface area contributed by atoms with Crippen molar-refractivity contribution in [1.29, 1.82) is 0 Å². The van der Waals surface area contributed by atoms with Crippen LogP contribution in [0.25, 0.3) is 0 Å². The van der Waals surface area contributed by atoms with Gasteiger partial charge in [-0.2, -0.15) is 45.5 Å². The molecule has 0 saturated heterocycles. The molecular weight excluding hydrogens is 454 g/mol. The zero-order valence-corrected chi connectivity index (χ0v) is 21.7. The van der Waals surface area contributed by atoms with Gasteiger partial charge in [0.25, 0.3) is 0 Å². The number of halogens is 2. The summed E-state index contributed by atoms with van der Waals surface area (Å²) in [5.41, 5.74) is 8.37. The molecule has 0 aliphatic carbocycles. The first-order chi connectivity index (χ1) is 11.3. The van der Waals surface area contributed by atoms with Gasteiger partial charge >= 0.3 is 65.0 Å². The molecule has 0 nitrogen and oxygen atoms in total. The Morgan fingerprint density at radius 1 is 0.692 bits per heavy atom. The molecule has 140 valence electrons. The van der Waals surface area contributed by atoms with Gasteiger partial charge in [-0.3, -0.25) is 0 Å². The van der Waals surface area contributed by atoms with Gasteiger partial charge in [0.15, 0.2) is 0 Å². The molecule has 0 heterocycles. The standard InChI is InChI=1S/2C8H11.C6H6Si.2ClH.Zr/c2*1-6-4-7(2)8(3)5-6;7-6-4-2-1-3-5-6;;;/h2*4-5H,1-3H3;1-5,7H;2*1H;/q2*-1;;;;+2/p-2. The van der Waals surface area contributed by atoms with Crippen molar-refractivity contribution in [2.75, 3.05) is 0 Å². The summed E-state index contributed by atoms with van der Waals surface area (Å²) < 4.78 is 0. The van der Waals surface area contributed by atoms with Crippen molar-refractivity contribution < 1.29 is 48.1 Å². The topological polar surface area (TPSA) is 0 Å². The maximum absolute atomic E-state index is 2.20. The van der Waals surface area contributed by atoms with Gasteiger partial charge in [-0.05, 0) is 0 Å². The molecule has 0 bridgehead atoms. The van der Waals surface area contributed by atoms with Gasteiger partial charge in [0.1, 0.15) is 0 Å². The minimum absolute atomic E-state index is 0. The van der Waals surface area contributed by atoms with Gasteiger partial charge in [-0.15, -0.1) is 0 Å². The fourth-order valence-electron chi connectivity index (χ4n) is 2.45. The normalized spacial score (nSPS) is 8.77. The molecule has 0 amide bonds. The van der Waals surface area contributed by atoms with Crippen molar-refractivity contribution in [3.8, 4) is 0 Å². The van der Waals surface area contributed by atoms with Crippen molar-refractivity contribution in [2.24, 2.45) is 0 Å². The zero-order valence-electron chi connectivity index (χ0n) is 16.5. The number of benzene rings is 1. The van der Waals surface area contributed by atoms with Gasteiger partial charge < -0.3 is 24.8 Å². The molecule has 26 heavy (non-hydrogen) atoms. The van der Waals surface area contributed by atoms with Crippen LogP contribution >= 0.6 is 0 Å². The second-order valence-corrected chi connectivity index (χ2v) is 9.44. The van der Waals surface area contributed by atoms with Gasteiger partial charge in [0.2, 0.25) is 0 Å². The van der Waals surface area contributed by atoms with Crippen LogP contribution in [-0.4, -0.2) is 6.16 Å². The molecule has 0 aliphatic heterocycles. The van der Waals surface area contributed by atoms with Gasteiger partial charge in [-0.1, -0.05) is 41.5 Å². The molecule has 3 rings (SSSR count). The van der Waals surface area contributed by atoms with Crippen molar-refractivity contribution >= 4 is 11.3 Å². The van der Waals surface area contributed by atoms with Crippen molar-refractivity contribution in [1.82, 2.24) is 0 Å². The zero-order chi connectivity index (χ0) is 18.1. The van der Waals surface area contributed by atoms with E-state index in [0.717, 1.165) is 0 Å². The Morgan fingerprint density at radius 3 is 1.23 bits per heavy atom. The van der Waals surface area contributed by atoms with Crippen LogP contribution in [0.1, 0.15) is 33.4 Å². The Bertz CT molecular complexity index is 675. The minimum atomic E-state index is 0. The number of hydrogen-bond acceptors (Lipinski definition) is 0. The fourth-order valence-corrected chi connectivity index (χ4v) is 4.29. The predicted molar refractivity (Wildman–Crippen MR) is 106 cm³/mol. The fraction of sp³-hybridized carbons (Fsp3) is 0.273. The molecule has 0 unspecified atom stereocenters. The molecule has 3 aromatic rings. The van der Waals surface area contributed by atoms with Crippen LogP contribution in [0.2, 0.25) is 0 Å².